The number of benzene rings is 1. The van der Waals surface area contributed by atoms with Gasteiger partial charge in [-0.2, -0.15) is 0 Å². The molecule has 2 fully saturated rings. The molecule has 3 rings (SSSR count). The first-order valence-corrected chi connectivity index (χ1v) is 7.36. The number of carbonyl (C=O) groups excluding carboxylic acids is 2. The van der Waals surface area contributed by atoms with Crippen LogP contribution < -0.4 is 10.6 Å². The molecule has 2 aliphatic heterocycles. The van der Waals surface area contributed by atoms with Crippen LogP contribution in [0.2, 0.25) is 0 Å². The maximum absolute atomic E-state index is 12.2. The van der Waals surface area contributed by atoms with Crippen molar-refractivity contribution in [1.82, 2.24) is 10.6 Å². The molecule has 1 spiro atoms. The first-order valence-electron chi connectivity index (χ1n) is 7.36. The predicted octanol–water partition coefficient (Wildman–Crippen LogP) is 0.640. The van der Waals surface area contributed by atoms with Gasteiger partial charge in [0.1, 0.15) is 6.61 Å². The van der Waals surface area contributed by atoms with Crippen LogP contribution in [-0.2, 0) is 20.9 Å². The van der Waals surface area contributed by atoms with Gasteiger partial charge in [0.2, 0.25) is 5.91 Å². The lowest BCUT2D eigenvalue weighted by atomic mass is 9.83. The van der Waals surface area contributed by atoms with Gasteiger partial charge in [-0.15, -0.1) is 0 Å². The molecule has 2 saturated heterocycles. The third-order valence-electron chi connectivity index (χ3n) is 4.40. The fourth-order valence-corrected chi connectivity index (χ4v) is 3.11. The molecule has 1 amide bonds. The van der Waals surface area contributed by atoms with Gasteiger partial charge in [0, 0.05) is 13.1 Å². The molecular formula is C16H20N2O3. The van der Waals surface area contributed by atoms with Gasteiger partial charge in [-0.25, -0.2) is 0 Å². The van der Waals surface area contributed by atoms with Crippen molar-refractivity contribution in [3.63, 3.8) is 0 Å². The van der Waals surface area contributed by atoms with E-state index in [0.717, 1.165) is 12.0 Å². The van der Waals surface area contributed by atoms with Crippen LogP contribution in [0.5, 0.6) is 0 Å². The molecule has 2 N–H and O–H groups in total. The SMILES string of the molecule is O=C(COCc1ccccc1)C1CC2(CCNC2=O)CN1. The molecule has 21 heavy (non-hydrogen) atoms. The van der Waals surface area contributed by atoms with Crippen molar-refractivity contribution in [3.8, 4) is 0 Å². The van der Waals surface area contributed by atoms with Crippen LogP contribution in [0.4, 0.5) is 0 Å². The molecule has 0 radical (unpaired) electrons. The quantitative estimate of drug-likeness (QED) is 0.834. The van der Waals surface area contributed by atoms with E-state index in [1.165, 1.54) is 0 Å². The van der Waals surface area contributed by atoms with Crippen molar-refractivity contribution >= 4 is 11.7 Å². The lowest BCUT2D eigenvalue weighted by Gasteiger charge is -2.17. The van der Waals surface area contributed by atoms with Crippen molar-refractivity contribution in [3.05, 3.63) is 35.9 Å². The van der Waals surface area contributed by atoms with E-state index in [-0.39, 0.29) is 29.8 Å². The molecule has 0 saturated carbocycles. The fourth-order valence-electron chi connectivity index (χ4n) is 3.11. The molecule has 2 aliphatic rings. The first-order chi connectivity index (χ1) is 10.2. The van der Waals surface area contributed by atoms with Gasteiger partial charge in [0.05, 0.1) is 18.1 Å². The van der Waals surface area contributed by atoms with E-state index in [1.807, 2.05) is 30.3 Å². The van der Waals surface area contributed by atoms with E-state index in [0.29, 0.717) is 26.1 Å². The zero-order valence-corrected chi connectivity index (χ0v) is 11.9. The van der Waals surface area contributed by atoms with Crippen molar-refractivity contribution in [1.29, 1.82) is 0 Å². The number of nitrogens with one attached hydrogen (secondary N) is 2. The standard InChI is InChI=1S/C16H20N2O3/c19-14(10-21-9-12-4-2-1-3-5-12)13-8-16(11-18-13)6-7-17-15(16)20/h1-5,13,18H,6-11H2,(H,17,20). The number of rotatable bonds is 5. The second-order valence-corrected chi connectivity index (χ2v) is 5.87. The van der Waals surface area contributed by atoms with E-state index < -0.39 is 0 Å². The molecule has 5 nitrogen and oxygen atoms in total. The summed E-state index contributed by atoms with van der Waals surface area (Å²) in [4.78, 5) is 24.0. The van der Waals surface area contributed by atoms with Gasteiger partial charge in [0.15, 0.2) is 5.78 Å². The molecule has 0 bridgehead atoms. The summed E-state index contributed by atoms with van der Waals surface area (Å²) >= 11 is 0. The van der Waals surface area contributed by atoms with Crippen LogP contribution in [0, 0.1) is 5.41 Å². The molecule has 0 aromatic heterocycles. The molecule has 2 atom stereocenters. The summed E-state index contributed by atoms with van der Waals surface area (Å²) in [6.07, 6.45) is 1.40. The Morgan fingerprint density at radius 1 is 1.33 bits per heavy atom. The summed E-state index contributed by atoms with van der Waals surface area (Å²) in [5.41, 5.74) is 0.677. The Labute approximate surface area is 124 Å². The Morgan fingerprint density at radius 3 is 2.86 bits per heavy atom. The molecule has 0 aliphatic carbocycles. The van der Waals surface area contributed by atoms with Gasteiger partial charge < -0.3 is 15.4 Å². The molecular weight excluding hydrogens is 268 g/mol. The van der Waals surface area contributed by atoms with E-state index in [1.54, 1.807) is 0 Å². The van der Waals surface area contributed by atoms with Crippen LogP contribution in [-0.4, -0.2) is 37.4 Å². The summed E-state index contributed by atoms with van der Waals surface area (Å²) in [7, 11) is 0. The minimum absolute atomic E-state index is 0.0301. The second kappa shape index (κ2) is 5.95. The first kappa shape index (κ1) is 14.2. The lowest BCUT2D eigenvalue weighted by molar-refractivity contribution is -0.127. The van der Waals surface area contributed by atoms with Crippen molar-refractivity contribution in [2.45, 2.75) is 25.5 Å². The molecule has 1 aromatic carbocycles. The third-order valence-corrected chi connectivity index (χ3v) is 4.40. The minimum Gasteiger partial charge on any atom is -0.369 e. The molecule has 2 heterocycles. The summed E-state index contributed by atoms with van der Waals surface area (Å²) in [6, 6.07) is 9.52. The predicted molar refractivity (Wildman–Crippen MR) is 77.6 cm³/mol. The highest BCUT2D eigenvalue weighted by molar-refractivity contribution is 5.90. The van der Waals surface area contributed by atoms with Crippen LogP contribution in [0.1, 0.15) is 18.4 Å². The Morgan fingerprint density at radius 2 is 2.14 bits per heavy atom. The Hall–Kier alpha value is -1.72. The molecule has 2 unspecified atom stereocenters. The summed E-state index contributed by atoms with van der Waals surface area (Å²) in [6.45, 7) is 1.83. The van der Waals surface area contributed by atoms with Crippen molar-refractivity contribution in [2.75, 3.05) is 19.7 Å². The lowest BCUT2D eigenvalue weighted by Crippen LogP contribution is -2.33. The Bertz CT molecular complexity index is 532. The van der Waals surface area contributed by atoms with Gasteiger partial charge >= 0.3 is 0 Å². The highest BCUT2D eigenvalue weighted by atomic mass is 16.5. The summed E-state index contributed by atoms with van der Waals surface area (Å²) in [5.74, 6) is 0.109. The van der Waals surface area contributed by atoms with Crippen LogP contribution in [0.15, 0.2) is 30.3 Å². The maximum Gasteiger partial charge on any atom is 0.227 e. The molecule has 5 heteroatoms. The largest absolute Gasteiger partial charge is 0.369 e. The topological polar surface area (TPSA) is 67.4 Å². The number of Topliss-reactive ketones (excluding diaryl/α,β-unsaturated/α-hetero) is 1. The van der Waals surface area contributed by atoms with Gasteiger partial charge in [0.25, 0.3) is 0 Å². The van der Waals surface area contributed by atoms with Crippen molar-refractivity contribution < 1.29 is 14.3 Å². The highest BCUT2D eigenvalue weighted by Crippen LogP contribution is 2.36. The highest BCUT2D eigenvalue weighted by Gasteiger charge is 2.49. The van der Waals surface area contributed by atoms with Crippen molar-refractivity contribution in [2.24, 2.45) is 5.41 Å². The van der Waals surface area contributed by atoms with Crippen LogP contribution >= 0.6 is 0 Å². The van der Waals surface area contributed by atoms with E-state index in [2.05, 4.69) is 10.6 Å². The van der Waals surface area contributed by atoms with Gasteiger partial charge in [-0.1, -0.05) is 30.3 Å². The number of ether oxygens (including phenoxy) is 1. The zero-order valence-electron chi connectivity index (χ0n) is 11.9. The fraction of sp³-hybridized carbons (Fsp3) is 0.500. The van der Waals surface area contributed by atoms with E-state index in [4.69, 9.17) is 4.74 Å². The van der Waals surface area contributed by atoms with E-state index >= 15 is 0 Å². The smallest absolute Gasteiger partial charge is 0.227 e. The second-order valence-electron chi connectivity index (χ2n) is 5.87. The Kier molecular flexibility index (Phi) is 4.03. The minimum atomic E-state index is -0.375. The zero-order chi connectivity index (χ0) is 14.7. The summed E-state index contributed by atoms with van der Waals surface area (Å²) < 4.78 is 5.48. The molecule has 1 aromatic rings. The normalized spacial score (nSPS) is 28.0. The monoisotopic (exact) mass is 288 g/mol. The molecule has 112 valence electrons. The Balaban J connectivity index is 1.47. The average Bonchev–Trinajstić information content (AvgIpc) is 3.09. The third kappa shape index (κ3) is 2.99. The maximum atomic E-state index is 12.2. The summed E-state index contributed by atoms with van der Waals surface area (Å²) in [5, 5.41) is 6.03. The van der Waals surface area contributed by atoms with Gasteiger partial charge in [-0.05, 0) is 18.4 Å². The number of hydrogen-bond donors (Lipinski definition) is 2. The number of ketones is 1. The number of carbonyl (C=O) groups is 2. The van der Waals surface area contributed by atoms with Crippen LogP contribution in [0.25, 0.3) is 0 Å². The average molecular weight is 288 g/mol. The van der Waals surface area contributed by atoms with Gasteiger partial charge in [-0.3, -0.25) is 9.59 Å². The van der Waals surface area contributed by atoms with E-state index in [9.17, 15) is 9.59 Å². The van der Waals surface area contributed by atoms with Crippen LogP contribution in [0.3, 0.4) is 0 Å². The number of hydrogen-bond acceptors (Lipinski definition) is 4. The number of amides is 1.